The van der Waals surface area contributed by atoms with E-state index in [1.165, 1.54) is 16.7 Å². The lowest BCUT2D eigenvalue weighted by Gasteiger charge is -2.43. The minimum atomic E-state index is -2.58. The Labute approximate surface area is 318 Å². The normalized spacial score (nSPS) is 22.6. The van der Waals surface area contributed by atoms with Crippen molar-refractivity contribution in [3.8, 4) is 17.3 Å². The molecule has 0 spiro atoms. The number of rotatable bonds is 14. The van der Waals surface area contributed by atoms with Crippen LogP contribution in [0.25, 0.3) is 38.6 Å². The Balaban J connectivity index is 1.12. The first-order chi connectivity index (χ1) is 26.8. The molecule has 2 aliphatic heterocycles. The van der Waals surface area contributed by atoms with E-state index in [-0.39, 0.29) is 29.6 Å². The van der Waals surface area contributed by atoms with Crippen LogP contribution in [0.15, 0.2) is 64.3 Å². The summed E-state index contributed by atoms with van der Waals surface area (Å²) in [6.07, 6.45) is 1.96. The molecule has 1 fully saturated rings. The predicted molar refractivity (Wildman–Crippen MR) is 200 cm³/mol. The molecule has 1 aromatic carbocycles. The molecule has 17 heteroatoms. The molecule has 56 heavy (non-hydrogen) atoms. The summed E-state index contributed by atoms with van der Waals surface area (Å²) in [6, 6.07) is 8.06. The van der Waals surface area contributed by atoms with Crippen molar-refractivity contribution in [3.05, 3.63) is 76.7 Å². The monoisotopic (exact) mass is 775 g/mol. The highest BCUT2D eigenvalue weighted by atomic mass is 17.2. The summed E-state index contributed by atoms with van der Waals surface area (Å²) in [4.78, 5) is 43.3. The van der Waals surface area contributed by atoms with Gasteiger partial charge in [-0.2, -0.15) is 0 Å². The fraction of sp³-hybridized carbons (Fsp3) is 0.436. The Hall–Kier alpha value is -5.14. The molecular formula is C39H45N5O12. The number of nitrogens with zero attached hydrogens (tertiary/aromatic N) is 2. The summed E-state index contributed by atoms with van der Waals surface area (Å²) >= 11 is 0. The molecule has 1 amide bonds. The maximum absolute atomic E-state index is 13.4. The number of fused-ring (bicyclic) bond motifs is 4. The molecule has 0 aliphatic carbocycles. The SMILES string of the molecule is Cc1cc(=O)c2cc3c(c(-n4cc5cc[nH]c5c4)c2o1)OC(C)(CCC1CNC(=O)C1)C(OOCC(O)C(O)(Cn1c(O)cc2[nH]ccc21)C(O)C(O)CO)C3. The third kappa shape index (κ3) is 6.64. The van der Waals surface area contributed by atoms with Crippen molar-refractivity contribution in [1.29, 1.82) is 0 Å². The van der Waals surface area contributed by atoms with Gasteiger partial charge in [0.15, 0.2) is 22.6 Å². The van der Waals surface area contributed by atoms with Crippen molar-refractivity contribution in [3.63, 3.8) is 0 Å². The molecule has 0 saturated carbocycles. The lowest BCUT2D eigenvalue weighted by Crippen LogP contribution is -2.61. The van der Waals surface area contributed by atoms with Gasteiger partial charge >= 0.3 is 0 Å². The van der Waals surface area contributed by atoms with E-state index < -0.39 is 55.4 Å². The number of ether oxygens (including phenoxy) is 1. The molecule has 7 heterocycles. The van der Waals surface area contributed by atoms with Crippen LogP contribution >= 0.6 is 0 Å². The molecule has 5 aromatic heterocycles. The van der Waals surface area contributed by atoms with Crippen LogP contribution in [0.4, 0.5) is 0 Å². The van der Waals surface area contributed by atoms with Gasteiger partial charge in [0.2, 0.25) is 5.91 Å². The Morgan fingerprint density at radius 1 is 1.07 bits per heavy atom. The van der Waals surface area contributed by atoms with Gasteiger partial charge in [-0.05, 0) is 50.8 Å². The van der Waals surface area contributed by atoms with Crippen LogP contribution in [0.5, 0.6) is 11.6 Å². The molecule has 0 bridgehead atoms. The number of aryl methyl sites for hydroxylation is 1. The van der Waals surface area contributed by atoms with Gasteiger partial charge in [0.1, 0.15) is 53.7 Å². The first-order valence-corrected chi connectivity index (χ1v) is 18.5. The predicted octanol–water partition coefficient (Wildman–Crippen LogP) is 1.79. The molecule has 7 atom stereocenters. The standard InChI is InChI=1S/C39H45N5O12/c1-20-9-28(46)24-11-23-12-31(56-53-18-30(48)39(52,37(51)29(47)17-45)19-44-27-5-8-40-25(27)13-33(44)50)38(2,6-3-21-10-32(49)42-14-21)55-35(23)34(36(24)54-20)43-15-22-4-7-41-26(22)16-43/h4-5,7-9,11,13,15-16,21,29-31,37,40-41,45,47-48,50-52H,3,6,10,12,14,17-19H2,1-2H3,(H,42,49). The lowest BCUT2D eigenvalue weighted by atomic mass is 9.83. The van der Waals surface area contributed by atoms with E-state index in [1.807, 2.05) is 36.1 Å². The highest BCUT2D eigenvalue weighted by molar-refractivity contribution is 5.91. The second kappa shape index (κ2) is 14.4. The van der Waals surface area contributed by atoms with E-state index in [2.05, 4.69) is 15.3 Å². The van der Waals surface area contributed by atoms with Gasteiger partial charge in [0.25, 0.3) is 0 Å². The number of aromatic nitrogens is 4. The summed E-state index contributed by atoms with van der Waals surface area (Å²) in [6.45, 7) is 1.79. The van der Waals surface area contributed by atoms with Crippen molar-refractivity contribution >= 4 is 38.8 Å². The molecular weight excluding hydrogens is 730 g/mol. The summed E-state index contributed by atoms with van der Waals surface area (Å²) in [5.74, 6) is 0.606. The van der Waals surface area contributed by atoms with Crippen LogP contribution in [0, 0.1) is 12.8 Å². The van der Waals surface area contributed by atoms with Gasteiger partial charge in [0, 0.05) is 67.3 Å². The minimum Gasteiger partial charge on any atom is -0.494 e. The highest BCUT2D eigenvalue weighted by Gasteiger charge is 2.49. The summed E-state index contributed by atoms with van der Waals surface area (Å²) in [5, 5.41) is 69.0. The first kappa shape index (κ1) is 37.8. The van der Waals surface area contributed by atoms with Crippen molar-refractivity contribution in [1.82, 2.24) is 24.4 Å². The first-order valence-electron chi connectivity index (χ1n) is 18.5. The maximum atomic E-state index is 13.4. The molecule has 6 aromatic rings. The number of hydrogen-bond acceptors (Lipinski definition) is 12. The van der Waals surface area contributed by atoms with E-state index in [0.29, 0.717) is 70.6 Å². The molecule has 2 aliphatic rings. The van der Waals surface area contributed by atoms with Crippen molar-refractivity contribution < 1.29 is 54.4 Å². The quantitative estimate of drug-likeness (QED) is 0.0568. The van der Waals surface area contributed by atoms with E-state index in [4.69, 9.17) is 18.9 Å². The van der Waals surface area contributed by atoms with E-state index in [1.54, 1.807) is 25.3 Å². The number of aromatic amines is 2. The zero-order valence-corrected chi connectivity index (χ0v) is 30.8. The Morgan fingerprint density at radius 3 is 2.61 bits per heavy atom. The number of aliphatic hydroxyl groups is 5. The molecule has 17 nitrogen and oxygen atoms in total. The van der Waals surface area contributed by atoms with Crippen molar-refractivity contribution in [2.45, 2.75) is 81.7 Å². The Bertz CT molecular complexity index is 2430. The molecule has 8 rings (SSSR count). The number of amides is 1. The van der Waals surface area contributed by atoms with Crippen LogP contribution < -0.4 is 15.5 Å². The van der Waals surface area contributed by atoms with E-state index >= 15 is 0 Å². The fourth-order valence-corrected chi connectivity index (χ4v) is 8.06. The zero-order chi connectivity index (χ0) is 39.5. The van der Waals surface area contributed by atoms with Gasteiger partial charge in [-0.3, -0.25) is 9.59 Å². The molecule has 9 N–H and O–H groups in total. The number of carbonyl (C=O) groups is 1. The number of aliphatic hydroxyl groups excluding tert-OH is 4. The van der Waals surface area contributed by atoms with E-state index in [0.717, 1.165) is 10.9 Å². The smallest absolute Gasteiger partial charge is 0.220 e. The third-order valence-electron chi connectivity index (χ3n) is 11.4. The number of benzene rings is 1. The fourth-order valence-electron chi connectivity index (χ4n) is 8.06. The van der Waals surface area contributed by atoms with Gasteiger partial charge in [0.05, 0.1) is 35.1 Å². The van der Waals surface area contributed by atoms with Crippen LogP contribution in [0.1, 0.15) is 37.5 Å². The van der Waals surface area contributed by atoms with Gasteiger partial charge in [-0.1, -0.05) is 0 Å². The molecule has 7 unspecified atom stereocenters. The second-order valence-corrected chi connectivity index (χ2v) is 15.3. The minimum absolute atomic E-state index is 0.0332. The van der Waals surface area contributed by atoms with E-state index in [9.17, 15) is 40.2 Å². The number of carbonyl (C=O) groups excluding carboxylic acids is 1. The molecule has 1 saturated heterocycles. The molecule has 0 radical (unpaired) electrons. The van der Waals surface area contributed by atoms with Gasteiger partial charge in [-0.25, -0.2) is 9.78 Å². The van der Waals surface area contributed by atoms with Crippen molar-refractivity contribution in [2.24, 2.45) is 5.92 Å². The number of hydrogen-bond donors (Lipinski definition) is 9. The Morgan fingerprint density at radius 2 is 1.86 bits per heavy atom. The Kier molecular flexibility index (Phi) is 9.72. The summed E-state index contributed by atoms with van der Waals surface area (Å²) < 4.78 is 16.2. The third-order valence-corrected chi connectivity index (χ3v) is 11.4. The summed E-state index contributed by atoms with van der Waals surface area (Å²) in [7, 11) is 0. The average molecular weight is 776 g/mol. The lowest BCUT2D eigenvalue weighted by molar-refractivity contribution is -0.365. The maximum Gasteiger partial charge on any atom is 0.220 e. The zero-order valence-electron chi connectivity index (χ0n) is 30.8. The summed E-state index contributed by atoms with van der Waals surface area (Å²) in [5.41, 5.74) is -0.652. The second-order valence-electron chi connectivity index (χ2n) is 15.3. The van der Waals surface area contributed by atoms with Crippen LogP contribution in [-0.4, -0.2) is 111 Å². The van der Waals surface area contributed by atoms with Crippen LogP contribution in [-0.2, 0) is 27.5 Å². The number of aromatic hydroxyl groups is 1. The topological polar surface area (TPSA) is 250 Å². The van der Waals surface area contributed by atoms with Gasteiger partial charge in [-0.15, -0.1) is 0 Å². The largest absolute Gasteiger partial charge is 0.494 e. The van der Waals surface area contributed by atoms with Crippen LogP contribution in [0.3, 0.4) is 0 Å². The highest BCUT2D eigenvalue weighted by Crippen LogP contribution is 2.45. The number of nitrogens with one attached hydrogen (secondary N) is 3. The molecule has 298 valence electrons. The van der Waals surface area contributed by atoms with Crippen molar-refractivity contribution in [2.75, 3.05) is 19.8 Å². The van der Waals surface area contributed by atoms with Crippen LogP contribution in [0.2, 0.25) is 0 Å². The number of H-pyrrole nitrogens is 2. The average Bonchev–Trinajstić information content (AvgIpc) is 4.00. The van der Waals surface area contributed by atoms with Gasteiger partial charge < -0.3 is 64.2 Å².